The average Bonchev–Trinajstić information content (AvgIpc) is 2.98. The molecule has 0 aliphatic carbocycles. The molecule has 2 aromatic carbocycles. The standard InChI is InChI=1S/C19H17Cl2N3O2S/c1-11(2)23-19-24(22-9-12-3-5-14(25)8-18(12)26)17(10-27-19)15-7-13(20)4-6-16(15)21/h3-11,25-26H,1-2H3. The molecule has 1 heterocycles. The second kappa shape index (κ2) is 8.17. The molecule has 0 aliphatic rings. The summed E-state index contributed by atoms with van der Waals surface area (Å²) in [6, 6.07) is 9.62. The molecule has 8 heteroatoms. The maximum absolute atomic E-state index is 9.98. The molecule has 1 aromatic heterocycles. The Morgan fingerprint density at radius 2 is 1.89 bits per heavy atom. The highest BCUT2D eigenvalue weighted by Gasteiger charge is 2.12. The predicted molar refractivity (Wildman–Crippen MR) is 111 cm³/mol. The van der Waals surface area contributed by atoms with Gasteiger partial charge in [0, 0.05) is 33.6 Å². The summed E-state index contributed by atoms with van der Waals surface area (Å²) >= 11 is 13.9. The third-order valence-corrected chi connectivity index (χ3v) is 4.98. The van der Waals surface area contributed by atoms with E-state index in [-0.39, 0.29) is 17.5 Å². The molecular weight excluding hydrogens is 405 g/mol. The molecule has 0 aliphatic heterocycles. The molecule has 3 rings (SSSR count). The van der Waals surface area contributed by atoms with Crippen LogP contribution in [0.3, 0.4) is 0 Å². The fraction of sp³-hybridized carbons (Fsp3) is 0.158. The van der Waals surface area contributed by atoms with Crippen molar-refractivity contribution in [3.05, 3.63) is 62.2 Å². The Morgan fingerprint density at radius 3 is 2.59 bits per heavy atom. The number of thiazole rings is 1. The number of hydrogen-bond donors (Lipinski definition) is 2. The summed E-state index contributed by atoms with van der Waals surface area (Å²) in [4.78, 5) is 5.28. The van der Waals surface area contributed by atoms with Gasteiger partial charge < -0.3 is 10.2 Å². The number of benzene rings is 2. The monoisotopic (exact) mass is 421 g/mol. The summed E-state index contributed by atoms with van der Waals surface area (Å²) in [5.41, 5.74) is 1.93. The Balaban J connectivity index is 2.16. The first kappa shape index (κ1) is 19.5. The van der Waals surface area contributed by atoms with Crippen LogP contribution in [0.15, 0.2) is 51.9 Å². The van der Waals surface area contributed by atoms with Gasteiger partial charge >= 0.3 is 0 Å². The van der Waals surface area contributed by atoms with Crippen molar-refractivity contribution in [2.24, 2.45) is 10.1 Å². The van der Waals surface area contributed by atoms with Gasteiger partial charge in [0.05, 0.1) is 16.9 Å². The number of aromatic nitrogens is 1. The summed E-state index contributed by atoms with van der Waals surface area (Å²) < 4.78 is 1.66. The Kier molecular flexibility index (Phi) is 5.89. The second-order valence-corrected chi connectivity index (χ2v) is 7.73. The SMILES string of the molecule is CC(C)N=c1scc(-c2cc(Cl)ccc2Cl)n1N=Cc1ccc(O)cc1O. The zero-order valence-electron chi connectivity index (χ0n) is 14.6. The first-order valence-corrected chi connectivity index (χ1v) is 9.75. The molecule has 0 unspecified atom stereocenters. The normalized spacial score (nSPS) is 12.4. The Bertz CT molecular complexity index is 1070. The van der Waals surface area contributed by atoms with Crippen molar-refractivity contribution in [3.63, 3.8) is 0 Å². The molecule has 27 heavy (non-hydrogen) atoms. The van der Waals surface area contributed by atoms with E-state index >= 15 is 0 Å². The van der Waals surface area contributed by atoms with E-state index in [9.17, 15) is 10.2 Å². The second-order valence-electron chi connectivity index (χ2n) is 6.05. The van der Waals surface area contributed by atoms with Crippen molar-refractivity contribution in [3.8, 4) is 22.8 Å². The molecule has 0 bridgehead atoms. The van der Waals surface area contributed by atoms with Crippen LogP contribution in [-0.2, 0) is 0 Å². The van der Waals surface area contributed by atoms with Crippen LogP contribution in [-0.4, -0.2) is 27.1 Å². The van der Waals surface area contributed by atoms with Crippen molar-refractivity contribution in [1.29, 1.82) is 0 Å². The van der Waals surface area contributed by atoms with E-state index in [2.05, 4.69) is 10.1 Å². The fourth-order valence-electron chi connectivity index (χ4n) is 2.36. The first-order valence-electron chi connectivity index (χ1n) is 8.11. The number of phenolic OH excluding ortho intramolecular Hbond substituents is 2. The quantitative estimate of drug-likeness (QED) is 0.573. The van der Waals surface area contributed by atoms with E-state index in [1.165, 1.54) is 29.7 Å². The molecule has 0 radical (unpaired) electrons. The van der Waals surface area contributed by atoms with E-state index < -0.39 is 0 Å². The van der Waals surface area contributed by atoms with Crippen molar-refractivity contribution >= 4 is 40.8 Å². The predicted octanol–water partition coefficient (Wildman–Crippen LogP) is 5.13. The summed E-state index contributed by atoms with van der Waals surface area (Å²) in [6.07, 6.45) is 1.50. The molecule has 0 amide bonds. The van der Waals surface area contributed by atoms with Gasteiger partial charge in [-0.15, -0.1) is 11.3 Å². The number of aromatic hydroxyl groups is 2. The van der Waals surface area contributed by atoms with E-state index in [1.807, 2.05) is 19.2 Å². The van der Waals surface area contributed by atoms with Gasteiger partial charge in [-0.2, -0.15) is 5.10 Å². The number of hydrogen-bond acceptors (Lipinski definition) is 5. The maximum atomic E-state index is 9.98. The van der Waals surface area contributed by atoms with Crippen LogP contribution in [0.1, 0.15) is 19.4 Å². The minimum absolute atomic E-state index is 0.0188. The molecule has 0 saturated carbocycles. The lowest BCUT2D eigenvalue weighted by Gasteiger charge is -2.07. The molecule has 5 nitrogen and oxygen atoms in total. The van der Waals surface area contributed by atoms with E-state index in [4.69, 9.17) is 23.2 Å². The van der Waals surface area contributed by atoms with Gasteiger partial charge in [0.1, 0.15) is 11.5 Å². The molecule has 0 fully saturated rings. The van der Waals surface area contributed by atoms with E-state index in [1.54, 1.807) is 28.9 Å². The molecule has 3 aromatic rings. The van der Waals surface area contributed by atoms with Crippen LogP contribution < -0.4 is 4.80 Å². The van der Waals surface area contributed by atoms with Gasteiger partial charge in [-0.05, 0) is 44.2 Å². The number of halogens is 2. The van der Waals surface area contributed by atoms with E-state index in [0.29, 0.717) is 20.4 Å². The van der Waals surface area contributed by atoms with Gasteiger partial charge in [-0.3, -0.25) is 4.99 Å². The smallest absolute Gasteiger partial charge is 0.206 e. The Labute approximate surface area is 170 Å². The largest absolute Gasteiger partial charge is 0.508 e. The highest BCUT2D eigenvalue weighted by molar-refractivity contribution is 7.07. The lowest BCUT2D eigenvalue weighted by molar-refractivity contribution is 0.450. The number of nitrogens with zero attached hydrogens (tertiary/aromatic N) is 3. The third-order valence-electron chi connectivity index (χ3n) is 3.58. The fourth-order valence-corrected chi connectivity index (χ4v) is 3.71. The molecule has 140 valence electrons. The average molecular weight is 422 g/mol. The zero-order chi connectivity index (χ0) is 19.6. The highest BCUT2D eigenvalue weighted by Crippen LogP contribution is 2.31. The Hall–Kier alpha value is -2.28. The minimum atomic E-state index is -0.0701. The minimum Gasteiger partial charge on any atom is -0.508 e. The van der Waals surface area contributed by atoms with Crippen LogP contribution in [0.5, 0.6) is 11.5 Å². The van der Waals surface area contributed by atoms with Crippen LogP contribution in [0.25, 0.3) is 11.3 Å². The first-order chi connectivity index (χ1) is 12.8. The number of phenols is 2. The lowest BCUT2D eigenvalue weighted by atomic mass is 10.2. The lowest BCUT2D eigenvalue weighted by Crippen LogP contribution is -2.14. The van der Waals surface area contributed by atoms with Crippen molar-refractivity contribution < 1.29 is 10.2 Å². The molecule has 0 atom stereocenters. The van der Waals surface area contributed by atoms with Crippen LogP contribution in [0.4, 0.5) is 0 Å². The summed E-state index contributed by atoms with van der Waals surface area (Å²) in [5, 5.41) is 26.9. The van der Waals surface area contributed by atoms with Crippen molar-refractivity contribution in [1.82, 2.24) is 4.68 Å². The summed E-state index contributed by atoms with van der Waals surface area (Å²) in [5.74, 6) is -0.0889. The van der Waals surface area contributed by atoms with Gasteiger partial charge in [-0.1, -0.05) is 23.2 Å². The summed E-state index contributed by atoms with van der Waals surface area (Å²) in [6.45, 7) is 3.96. The molecule has 0 saturated heterocycles. The molecule has 2 N–H and O–H groups in total. The Morgan fingerprint density at radius 1 is 1.11 bits per heavy atom. The van der Waals surface area contributed by atoms with Gasteiger partial charge in [0.15, 0.2) is 0 Å². The van der Waals surface area contributed by atoms with Crippen LogP contribution >= 0.6 is 34.5 Å². The molecular formula is C19H17Cl2N3O2S. The van der Waals surface area contributed by atoms with E-state index in [0.717, 1.165) is 11.3 Å². The highest BCUT2D eigenvalue weighted by atomic mass is 35.5. The van der Waals surface area contributed by atoms with Gasteiger partial charge in [0.25, 0.3) is 0 Å². The van der Waals surface area contributed by atoms with Gasteiger partial charge in [-0.25, -0.2) is 4.68 Å². The number of rotatable bonds is 4. The third kappa shape index (κ3) is 4.53. The van der Waals surface area contributed by atoms with Gasteiger partial charge in [0.2, 0.25) is 4.80 Å². The van der Waals surface area contributed by atoms with Crippen LogP contribution in [0.2, 0.25) is 10.0 Å². The summed E-state index contributed by atoms with van der Waals surface area (Å²) in [7, 11) is 0. The van der Waals surface area contributed by atoms with Crippen molar-refractivity contribution in [2.75, 3.05) is 0 Å². The van der Waals surface area contributed by atoms with Crippen LogP contribution in [0, 0.1) is 0 Å². The topological polar surface area (TPSA) is 70.1 Å². The molecule has 0 spiro atoms. The van der Waals surface area contributed by atoms with Crippen molar-refractivity contribution in [2.45, 2.75) is 19.9 Å². The maximum Gasteiger partial charge on any atom is 0.206 e. The zero-order valence-corrected chi connectivity index (χ0v) is 16.9.